The molecule has 2 aliphatic heterocycles. The summed E-state index contributed by atoms with van der Waals surface area (Å²) >= 11 is 0. The van der Waals surface area contributed by atoms with Crippen LogP contribution >= 0.6 is 0 Å². The summed E-state index contributed by atoms with van der Waals surface area (Å²) in [6.45, 7) is 8.88. The molecule has 1 aromatic rings. The van der Waals surface area contributed by atoms with Crippen LogP contribution in [-0.4, -0.2) is 29.6 Å². The highest BCUT2D eigenvalue weighted by molar-refractivity contribution is 5.41. The second-order valence-electron chi connectivity index (χ2n) is 6.77. The zero-order valence-corrected chi connectivity index (χ0v) is 12.9. The Labute approximate surface area is 122 Å². The minimum Gasteiger partial charge on any atom is -0.487 e. The van der Waals surface area contributed by atoms with Gasteiger partial charge in [0.2, 0.25) is 0 Å². The Kier molecular flexibility index (Phi) is 3.51. The summed E-state index contributed by atoms with van der Waals surface area (Å²) in [6, 6.07) is 7.13. The minimum atomic E-state index is -0.0347. The molecule has 0 aromatic heterocycles. The lowest BCUT2D eigenvalue weighted by Gasteiger charge is -2.47. The van der Waals surface area contributed by atoms with Crippen LogP contribution in [0.15, 0.2) is 18.2 Å². The molecule has 0 bridgehead atoms. The lowest BCUT2D eigenvalue weighted by Crippen LogP contribution is -2.52. The van der Waals surface area contributed by atoms with Gasteiger partial charge in [-0.05, 0) is 39.7 Å². The van der Waals surface area contributed by atoms with Gasteiger partial charge in [0.25, 0.3) is 0 Å². The van der Waals surface area contributed by atoms with Crippen LogP contribution in [0.4, 0.5) is 0 Å². The average Bonchev–Trinajstić information content (AvgIpc) is 2.40. The molecule has 3 heteroatoms. The van der Waals surface area contributed by atoms with E-state index in [0.29, 0.717) is 6.04 Å². The number of likely N-dealkylation sites (tertiary alicyclic amines) is 1. The molecule has 20 heavy (non-hydrogen) atoms. The van der Waals surface area contributed by atoms with Crippen LogP contribution in [0.3, 0.4) is 0 Å². The van der Waals surface area contributed by atoms with E-state index in [1.807, 2.05) is 0 Å². The van der Waals surface area contributed by atoms with E-state index in [1.165, 1.54) is 11.1 Å². The molecule has 1 fully saturated rings. The van der Waals surface area contributed by atoms with Crippen molar-refractivity contribution in [1.82, 2.24) is 4.90 Å². The molecule has 2 aliphatic rings. The molecule has 1 saturated heterocycles. The smallest absolute Gasteiger partial charge is 0.124 e. The molecule has 1 atom stereocenters. The number of fused-ring (bicyclic) bond motifs is 1. The Morgan fingerprint density at radius 2 is 2.00 bits per heavy atom. The largest absolute Gasteiger partial charge is 0.487 e. The summed E-state index contributed by atoms with van der Waals surface area (Å²) < 4.78 is 6.41. The normalized spacial score (nSPS) is 25.6. The van der Waals surface area contributed by atoms with Gasteiger partial charge in [0.05, 0.1) is 0 Å². The Hall–Kier alpha value is -1.06. The predicted octanol–water partition coefficient (Wildman–Crippen LogP) is 3.02. The van der Waals surface area contributed by atoms with E-state index in [4.69, 9.17) is 10.5 Å². The molecule has 2 heterocycles. The maximum atomic E-state index is 6.42. The number of nitrogens with two attached hydrogens (primary N) is 1. The number of aryl methyl sites for hydroxylation is 1. The Balaban J connectivity index is 1.80. The summed E-state index contributed by atoms with van der Waals surface area (Å²) in [5.74, 6) is 1.01. The lowest BCUT2D eigenvalue weighted by molar-refractivity contribution is -0.0279. The molecule has 3 rings (SSSR count). The van der Waals surface area contributed by atoms with Crippen molar-refractivity contribution in [2.24, 2.45) is 5.73 Å². The number of benzene rings is 1. The highest BCUT2D eigenvalue weighted by Crippen LogP contribution is 2.43. The Morgan fingerprint density at radius 3 is 2.65 bits per heavy atom. The van der Waals surface area contributed by atoms with Gasteiger partial charge in [-0.15, -0.1) is 0 Å². The number of piperidine rings is 1. The fraction of sp³-hybridized carbons (Fsp3) is 0.647. The van der Waals surface area contributed by atoms with Crippen LogP contribution in [0.2, 0.25) is 0 Å². The van der Waals surface area contributed by atoms with Crippen LogP contribution in [0.25, 0.3) is 0 Å². The molecule has 0 amide bonds. The van der Waals surface area contributed by atoms with Crippen molar-refractivity contribution in [2.75, 3.05) is 13.1 Å². The molecular weight excluding hydrogens is 248 g/mol. The predicted molar refractivity (Wildman–Crippen MR) is 82.0 cm³/mol. The second-order valence-corrected chi connectivity index (χ2v) is 6.77. The number of nitrogens with zero attached hydrogens (tertiary/aromatic N) is 1. The first kappa shape index (κ1) is 13.9. The second kappa shape index (κ2) is 5.05. The van der Waals surface area contributed by atoms with Crippen molar-refractivity contribution < 1.29 is 4.74 Å². The first-order valence-corrected chi connectivity index (χ1v) is 7.78. The molecule has 3 nitrogen and oxygen atoms in total. The van der Waals surface area contributed by atoms with Crippen molar-refractivity contribution in [3.63, 3.8) is 0 Å². The van der Waals surface area contributed by atoms with Crippen LogP contribution in [0, 0.1) is 6.92 Å². The quantitative estimate of drug-likeness (QED) is 0.855. The van der Waals surface area contributed by atoms with E-state index >= 15 is 0 Å². The fourth-order valence-corrected chi connectivity index (χ4v) is 3.59. The zero-order chi connectivity index (χ0) is 14.3. The van der Waals surface area contributed by atoms with E-state index in [2.05, 4.69) is 43.9 Å². The van der Waals surface area contributed by atoms with Gasteiger partial charge in [-0.2, -0.15) is 0 Å². The molecule has 1 aromatic carbocycles. The Morgan fingerprint density at radius 1 is 1.30 bits per heavy atom. The van der Waals surface area contributed by atoms with E-state index in [0.717, 1.165) is 38.1 Å². The monoisotopic (exact) mass is 274 g/mol. The van der Waals surface area contributed by atoms with Crippen molar-refractivity contribution in [2.45, 2.75) is 57.7 Å². The third-order valence-corrected chi connectivity index (χ3v) is 4.92. The first-order valence-electron chi connectivity index (χ1n) is 7.78. The standard InChI is InChI=1S/C17H26N2O/c1-12(2)19-8-6-17(7-9-19)11-15(18)14-10-13(3)4-5-16(14)20-17/h4-5,10,12,15H,6-9,11,18H2,1-3H3. The molecule has 0 aliphatic carbocycles. The van der Waals surface area contributed by atoms with E-state index in [9.17, 15) is 0 Å². The van der Waals surface area contributed by atoms with Crippen LogP contribution in [-0.2, 0) is 0 Å². The van der Waals surface area contributed by atoms with E-state index < -0.39 is 0 Å². The zero-order valence-electron chi connectivity index (χ0n) is 12.9. The fourth-order valence-electron chi connectivity index (χ4n) is 3.59. The van der Waals surface area contributed by atoms with Gasteiger partial charge in [-0.25, -0.2) is 0 Å². The molecule has 0 radical (unpaired) electrons. The maximum absolute atomic E-state index is 6.42. The summed E-state index contributed by atoms with van der Waals surface area (Å²) in [4.78, 5) is 2.53. The molecule has 1 spiro atoms. The molecule has 2 N–H and O–H groups in total. The topological polar surface area (TPSA) is 38.5 Å². The summed E-state index contributed by atoms with van der Waals surface area (Å²) in [6.07, 6.45) is 3.13. The first-order chi connectivity index (χ1) is 9.49. The maximum Gasteiger partial charge on any atom is 0.124 e. The van der Waals surface area contributed by atoms with Gasteiger partial charge in [0, 0.05) is 37.2 Å². The SMILES string of the molecule is Cc1ccc2c(c1)C(N)CC1(CCN(C(C)C)CC1)O2. The minimum absolute atomic E-state index is 0.0347. The number of rotatable bonds is 1. The Bertz CT molecular complexity index is 490. The molecule has 110 valence electrons. The van der Waals surface area contributed by atoms with Crippen molar-refractivity contribution in [1.29, 1.82) is 0 Å². The number of ether oxygens (including phenoxy) is 1. The van der Waals surface area contributed by atoms with Gasteiger partial charge in [-0.3, -0.25) is 0 Å². The van der Waals surface area contributed by atoms with Crippen LogP contribution < -0.4 is 10.5 Å². The van der Waals surface area contributed by atoms with E-state index in [-0.39, 0.29) is 11.6 Å². The van der Waals surface area contributed by atoms with Crippen LogP contribution in [0.5, 0.6) is 5.75 Å². The van der Waals surface area contributed by atoms with Gasteiger partial charge in [0.15, 0.2) is 0 Å². The highest BCUT2D eigenvalue weighted by Gasteiger charge is 2.42. The van der Waals surface area contributed by atoms with Gasteiger partial charge < -0.3 is 15.4 Å². The van der Waals surface area contributed by atoms with Gasteiger partial charge >= 0.3 is 0 Å². The van der Waals surface area contributed by atoms with Gasteiger partial charge in [-0.1, -0.05) is 17.7 Å². The summed E-state index contributed by atoms with van der Waals surface area (Å²) in [7, 11) is 0. The van der Waals surface area contributed by atoms with Crippen molar-refractivity contribution in [3.05, 3.63) is 29.3 Å². The third-order valence-electron chi connectivity index (χ3n) is 4.92. The average molecular weight is 274 g/mol. The summed E-state index contributed by atoms with van der Waals surface area (Å²) in [5.41, 5.74) is 8.83. The molecule has 1 unspecified atom stereocenters. The van der Waals surface area contributed by atoms with Crippen molar-refractivity contribution in [3.8, 4) is 5.75 Å². The number of hydrogen-bond acceptors (Lipinski definition) is 3. The van der Waals surface area contributed by atoms with Gasteiger partial charge in [0.1, 0.15) is 11.4 Å². The lowest BCUT2D eigenvalue weighted by atomic mass is 9.80. The third kappa shape index (κ3) is 2.45. The number of hydrogen-bond donors (Lipinski definition) is 1. The highest BCUT2D eigenvalue weighted by atomic mass is 16.5. The molecular formula is C17H26N2O. The van der Waals surface area contributed by atoms with E-state index in [1.54, 1.807) is 0 Å². The molecule has 0 saturated carbocycles. The summed E-state index contributed by atoms with van der Waals surface area (Å²) in [5, 5.41) is 0. The van der Waals surface area contributed by atoms with Crippen LogP contribution in [0.1, 0.15) is 50.3 Å². The van der Waals surface area contributed by atoms with Crippen molar-refractivity contribution >= 4 is 0 Å².